The normalized spacial score (nSPS) is 11.0. The summed E-state index contributed by atoms with van der Waals surface area (Å²) in [6, 6.07) is 1.78. The second-order valence-corrected chi connectivity index (χ2v) is 6.44. The van der Waals surface area contributed by atoms with Crippen LogP contribution in [0.1, 0.15) is 55.3 Å². The van der Waals surface area contributed by atoms with E-state index in [9.17, 15) is 9.59 Å². The van der Waals surface area contributed by atoms with E-state index in [1.807, 2.05) is 0 Å². The van der Waals surface area contributed by atoms with Crippen molar-refractivity contribution in [1.82, 2.24) is 9.78 Å². The molecule has 24 heavy (non-hydrogen) atoms. The summed E-state index contributed by atoms with van der Waals surface area (Å²) in [4.78, 5) is 24.6. The number of amides is 1. The van der Waals surface area contributed by atoms with Gasteiger partial charge in [-0.2, -0.15) is 5.10 Å². The highest BCUT2D eigenvalue weighted by Gasteiger charge is 2.17. The average Bonchev–Trinajstić information content (AvgIpc) is 2.92. The first-order valence-corrected chi connectivity index (χ1v) is 8.38. The van der Waals surface area contributed by atoms with Crippen LogP contribution in [-0.2, 0) is 13.0 Å². The van der Waals surface area contributed by atoms with Gasteiger partial charge >= 0.3 is 5.63 Å². The molecule has 2 aromatic rings. The van der Waals surface area contributed by atoms with Crippen LogP contribution in [0.5, 0.6) is 0 Å². The van der Waals surface area contributed by atoms with E-state index in [-0.39, 0.29) is 5.56 Å². The molecule has 0 saturated carbocycles. The van der Waals surface area contributed by atoms with Gasteiger partial charge in [0.25, 0.3) is 5.91 Å². The maximum absolute atomic E-state index is 12.4. The summed E-state index contributed by atoms with van der Waals surface area (Å²) in [5, 5.41) is 6.86. The fourth-order valence-corrected chi connectivity index (χ4v) is 2.47. The van der Waals surface area contributed by atoms with Crippen molar-refractivity contribution in [2.75, 3.05) is 5.32 Å². The fourth-order valence-electron chi connectivity index (χ4n) is 2.47. The largest absolute Gasteiger partial charge is 0.427 e. The Morgan fingerprint density at radius 2 is 2.17 bits per heavy atom. The molecule has 0 spiro atoms. The van der Waals surface area contributed by atoms with E-state index in [1.165, 1.54) is 0 Å². The van der Waals surface area contributed by atoms with Crippen LogP contribution in [0, 0.1) is 12.8 Å². The van der Waals surface area contributed by atoms with Crippen molar-refractivity contribution >= 4 is 11.6 Å². The number of nitrogens with one attached hydrogen (secondary N) is 1. The lowest BCUT2D eigenvalue weighted by molar-refractivity contribution is 0.102. The van der Waals surface area contributed by atoms with E-state index in [4.69, 9.17) is 4.42 Å². The molecular formula is C18H25N3O3. The minimum Gasteiger partial charge on any atom is -0.427 e. The van der Waals surface area contributed by atoms with Crippen molar-refractivity contribution in [2.24, 2.45) is 5.92 Å². The molecule has 0 unspecified atom stereocenters. The van der Waals surface area contributed by atoms with Crippen molar-refractivity contribution < 1.29 is 9.21 Å². The zero-order valence-corrected chi connectivity index (χ0v) is 14.8. The molecule has 2 aromatic heterocycles. The van der Waals surface area contributed by atoms with Gasteiger partial charge in [0.1, 0.15) is 11.3 Å². The minimum atomic E-state index is -0.591. The van der Waals surface area contributed by atoms with E-state index in [0.717, 1.165) is 19.4 Å². The number of carbonyl (C=O) groups is 1. The Bertz CT molecular complexity index is 759. The third-order valence-electron chi connectivity index (χ3n) is 3.74. The molecule has 0 atom stereocenters. The summed E-state index contributed by atoms with van der Waals surface area (Å²) < 4.78 is 7.05. The zero-order valence-electron chi connectivity index (χ0n) is 14.8. The van der Waals surface area contributed by atoms with Gasteiger partial charge in [0.2, 0.25) is 0 Å². The van der Waals surface area contributed by atoms with Crippen molar-refractivity contribution in [2.45, 2.75) is 53.5 Å². The lowest BCUT2D eigenvalue weighted by Crippen LogP contribution is -2.23. The molecule has 0 bridgehead atoms. The minimum absolute atomic E-state index is 0.0477. The molecule has 0 aliphatic carbocycles. The number of nitrogens with zero attached hydrogens (tertiary/aromatic N) is 2. The van der Waals surface area contributed by atoms with Crippen LogP contribution in [0.25, 0.3) is 0 Å². The lowest BCUT2D eigenvalue weighted by atomic mass is 10.0. The van der Waals surface area contributed by atoms with Crippen molar-refractivity contribution in [1.29, 1.82) is 0 Å². The predicted octanol–water partition coefficient (Wildman–Crippen LogP) is 3.40. The second-order valence-electron chi connectivity index (χ2n) is 6.44. The van der Waals surface area contributed by atoms with Gasteiger partial charge in [-0.25, -0.2) is 4.79 Å². The van der Waals surface area contributed by atoms with Gasteiger partial charge in [0.05, 0.1) is 11.9 Å². The fraction of sp³-hybridized carbons (Fsp3) is 0.500. The standard InChI is InChI=1S/C18H25N3O3/c1-5-8-21-11-14(10-19-21)20-17(22)16-13(4)9-15(24-18(16)23)7-6-12(2)3/h9-12H,5-8H2,1-4H3,(H,20,22). The topological polar surface area (TPSA) is 77.1 Å². The van der Waals surface area contributed by atoms with Crippen LogP contribution < -0.4 is 10.9 Å². The summed E-state index contributed by atoms with van der Waals surface area (Å²) in [7, 11) is 0. The molecule has 0 aliphatic heterocycles. The van der Waals surface area contributed by atoms with Crippen LogP contribution in [0.2, 0.25) is 0 Å². The monoisotopic (exact) mass is 331 g/mol. The molecule has 130 valence electrons. The molecule has 6 nitrogen and oxygen atoms in total. The highest BCUT2D eigenvalue weighted by Crippen LogP contribution is 2.13. The zero-order chi connectivity index (χ0) is 17.7. The van der Waals surface area contributed by atoms with Gasteiger partial charge in [-0.1, -0.05) is 20.8 Å². The average molecular weight is 331 g/mol. The van der Waals surface area contributed by atoms with Crippen LogP contribution >= 0.6 is 0 Å². The molecule has 6 heteroatoms. The number of aromatic nitrogens is 2. The Morgan fingerprint density at radius 1 is 1.42 bits per heavy atom. The van der Waals surface area contributed by atoms with Crippen molar-refractivity contribution in [3.63, 3.8) is 0 Å². The maximum Gasteiger partial charge on any atom is 0.349 e. The van der Waals surface area contributed by atoms with Crippen molar-refractivity contribution in [3.05, 3.63) is 45.8 Å². The molecular weight excluding hydrogens is 306 g/mol. The first-order chi connectivity index (χ1) is 11.4. The Labute approximate surface area is 141 Å². The quantitative estimate of drug-likeness (QED) is 0.843. The second kappa shape index (κ2) is 7.95. The first kappa shape index (κ1) is 18.0. The Morgan fingerprint density at radius 3 is 2.79 bits per heavy atom. The smallest absolute Gasteiger partial charge is 0.349 e. The molecule has 2 heterocycles. The van der Waals surface area contributed by atoms with E-state index in [2.05, 4.69) is 31.2 Å². The molecule has 1 amide bonds. The number of hydrogen-bond donors (Lipinski definition) is 1. The van der Waals surface area contributed by atoms with E-state index in [0.29, 0.717) is 29.3 Å². The van der Waals surface area contributed by atoms with E-state index < -0.39 is 11.5 Å². The highest BCUT2D eigenvalue weighted by atomic mass is 16.4. The Balaban J connectivity index is 2.15. The van der Waals surface area contributed by atoms with Crippen LogP contribution in [0.3, 0.4) is 0 Å². The number of anilines is 1. The van der Waals surface area contributed by atoms with Gasteiger partial charge in [-0.3, -0.25) is 9.48 Å². The van der Waals surface area contributed by atoms with Crippen molar-refractivity contribution in [3.8, 4) is 0 Å². The summed E-state index contributed by atoms with van der Waals surface area (Å²) in [6.07, 6.45) is 5.90. The van der Waals surface area contributed by atoms with E-state index in [1.54, 1.807) is 30.1 Å². The molecule has 0 aromatic carbocycles. The lowest BCUT2D eigenvalue weighted by Gasteiger charge is -2.08. The maximum atomic E-state index is 12.4. The third-order valence-corrected chi connectivity index (χ3v) is 3.74. The van der Waals surface area contributed by atoms with Crippen LogP contribution in [-0.4, -0.2) is 15.7 Å². The first-order valence-electron chi connectivity index (χ1n) is 8.38. The summed E-state index contributed by atoms with van der Waals surface area (Å²) >= 11 is 0. The molecule has 0 fully saturated rings. The van der Waals surface area contributed by atoms with Gasteiger partial charge in [-0.05, 0) is 37.3 Å². The van der Waals surface area contributed by atoms with Gasteiger partial charge < -0.3 is 9.73 Å². The van der Waals surface area contributed by atoms with E-state index >= 15 is 0 Å². The Kier molecular flexibility index (Phi) is 5.95. The van der Waals surface area contributed by atoms with Gasteiger partial charge in [0.15, 0.2) is 0 Å². The van der Waals surface area contributed by atoms with Gasteiger partial charge in [0, 0.05) is 19.2 Å². The Hall–Kier alpha value is -2.37. The van der Waals surface area contributed by atoms with Crippen LogP contribution in [0.4, 0.5) is 5.69 Å². The highest BCUT2D eigenvalue weighted by molar-refractivity contribution is 6.04. The summed E-state index contributed by atoms with van der Waals surface area (Å²) in [5.74, 6) is 0.685. The van der Waals surface area contributed by atoms with Gasteiger partial charge in [-0.15, -0.1) is 0 Å². The number of rotatable bonds is 7. The molecule has 2 rings (SSSR count). The molecule has 1 N–H and O–H groups in total. The van der Waals surface area contributed by atoms with Crippen LogP contribution in [0.15, 0.2) is 27.7 Å². The summed E-state index contributed by atoms with van der Waals surface area (Å²) in [6.45, 7) is 8.82. The molecule has 0 aliphatic rings. The number of hydrogen-bond acceptors (Lipinski definition) is 4. The molecule has 0 radical (unpaired) electrons. The third kappa shape index (κ3) is 4.57. The predicted molar refractivity (Wildman–Crippen MR) is 93.3 cm³/mol. The summed E-state index contributed by atoms with van der Waals surface area (Å²) in [5.41, 5.74) is 0.651. The SMILES string of the molecule is CCCn1cc(NC(=O)c2c(C)cc(CCC(C)C)oc2=O)cn1. The molecule has 0 saturated heterocycles. The number of carbonyl (C=O) groups excluding carboxylic acids is 1. The number of aryl methyl sites for hydroxylation is 3.